The van der Waals surface area contributed by atoms with Crippen molar-refractivity contribution in [3.63, 3.8) is 0 Å². The van der Waals surface area contributed by atoms with Crippen molar-refractivity contribution in [1.82, 2.24) is 25.1 Å². The Hall–Kier alpha value is -1.63. The second kappa shape index (κ2) is 3.75. The van der Waals surface area contributed by atoms with Gasteiger partial charge in [0.05, 0.1) is 12.6 Å². The Kier molecular flexibility index (Phi) is 2.24. The summed E-state index contributed by atoms with van der Waals surface area (Å²) in [4.78, 5) is 6.65. The van der Waals surface area contributed by atoms with Crippen LogP contribution in [0.4, 0.5) is 0 Å². The molecule has 1 aliphatic heterocycles. The van der Waals surface area contributed by atoms with Gasteiger partial charge in [-0.15, -0.1) is 10.2 Å². The molecule has 0 radical (unpaired) electrons. The Morgan fingerprint density at radius 2 is 2.38 bits per heavy atom. The van der Waals surface area contributed by atoms with E-state index in [1.165, 1.54) is 12.8 Å². The minimum atomic E-state index is 0.464. The Bertz CT molecular complexity index is 406. The van der Waals surface area contributed by atoms with Crippen LogP contribution < -0.4 is 11.3 Å². The molecule has 2 aliphatic rings. The summed E-state index contributed by atoms with van der Waals surface area (Å²) < 4.78 is 2.06. The maximum atomic E-state index is 5.51. The predicted octanol–water partition coefficient (Wildman–Crippen LogP) is -0.925. The Morgan fingerprint density at radius 3 is 3.12 bits per heavy atom. The third-order valence-corrected chi connectivity index (χ3v) is 2.92. The molecule has 0 amide bonds. The van der Waals surface area contributed by atoms with Crippen LogP contribution in [0.25, 0.3) is 0 Å². The average Bonchev–Trinajstić information content (AvgIpc) is 3.01. The topological polar surface area (TPSA) is 84.4 Å². The van der Waals surface area contributed by atoms with E-state index in [2.05, 4.69) is 30.1 Å². The predicted molar refractivity (Wildman–Crippen MR) is 58.2 cm³/mol. The fourth-order valence-electron chi connectivity index (χ4n) is 1.83. The van der Waals surface area contributed by atoms with Gasteiger partial charge in [0.1, 0.15) is 6.33 Å². The number of aromatic nitrogens is 3. The molecule has 7 nitrogen and oxygen atoms in total. The summed E-state index contributed by atoms with van der Waals surface area (Å²) in [7, 11) is 0. The molecule has 0 unspecified atom stereocenters. The lowest BCUT2D eigenvalue weighted by atomic mass is 10.4. The van der Waals surface area contributed by atoms with Gasteiger partial charge < -0.3 is 9.47 Å². The molecule has 2 heterocycles. The number of nitrogens with two attached hydrogens (primary N) is 1. The molecule has 1 aromatic heterocycles. The molecule has 0 spiro atoms. The van der Waals surface area contributed by atoms with Crippen molar-refractivity contribution in [3.05, 3.63) is 12.2 Å². The first-order valence-electron chi connectivity index (χ1n) is 5.53. The van der Waals surface area contributed by atoms with Gasteiger partial charge in [-0.1, -0.05) is 0 Å². The SMILES string of the molecule is NNC(=NC1CC1)N1CCn2cnnc2C1. The van der Waals surface area contributed by atoms with Crippen LogP contribution in [0.15, 0.2) is 11.3 Å². The van der Waals surface area contributed by atoms with Crippen molar-refractivity contribution in [2.75, 3.05) is 6.54 Å². The lowest BCUT2D eigenvalue weighted by molar-refractivity contribution is 0.319. The summed E-state index contributed by atoms with van der Waals surface area (Å²) in [5, 5.41) is 7.96. The standard InChI is InChI=1S/C9H15N7/c10-13-9(12-7-1-2-7)15-3-4-16-6-11-14-8(16)5-15/h6-7H,1-5,10H2,(H,12,13). The minimum absolute atomic E-state index is 0.464. The smallest absolute Gasteiger partial charge is 0.209 e. The van der Waals surface area contributed by atoms with Gasteiger partial charge in [0.15, 0.2) is 5.82 Å². The molecule has 1 saturated carbocycles. The highest BCUT2D eigenvalue weighted by atomic mass is 15.4. The van der Waals surface area contributed by atoms with E-state index in [0.717, 1.165) is 31.4 Å². The Morgan fingerprint density at radius 1 is 1.50 bits per heavy atom. The van der Waals surface area contributed by atoms with Crippen LogP contribution in [-0.4, -0.2) is 38.2 Å². The van der Waals surface area contributed by atoms with Crippen molar-refractivity contribution < 1.29 is 0 Å². The molecular weight excluding hydrogens is 206 g/mol. The highest BCUT2D eigenvalue weighted by Crippen LogP contribution is 2.24. The number of nitrogens with one attached hydrogen (secondary N) is 1. The number of hydrazine groups is 1. The highest BCUT2D eigenvalue weighted by molar-refractivity contribution is 5.79. The summed E-state index contributed by atoms with van der Waals surface area (Å²) in [5.41, 5.74) is 2.68. The molecular formula is C9H15N7. The van der Waals surface area contributed by atoms with E-state index < -0.39 is 0 Å². The van der Waals surface area contributed by atoms with Gasteiger partial charge in [-0.3, -0.25) is 5.43 Å². The summed E-state index contributed by atoms with van der Waals surface area (Å²) >= 11 is 0. The monoisotopic (exact) mass is 221 g/mol. The average molecular weight is 221 g/mol. The van der Waals surface area contributed by atoms with Crippen molar-refractivity contribution >= 4 is 5.96 Å². The third kappa shape index (κ3) is 1.73. The lowest BCUT2D eigenvalue weighted by Gasteiger charge is -2.29. The van der Waals surface area contributed by atoms with E-state index >= 15 is 0 Å². The number of guanidine groups is 1. The molecule has 1 fully saturated rings. The Labute approximate surface area is 93.3 Å². The van der Waals surface area contributed by atoms with Crippen molar-refractivity contribution in [1.29, 1.82) is 0 Å². The fourth-order valence-corrected chi connectivity index (χ4v) is 1.83. The van der Waals surface area contributed by atoms with E-state index in [-0.39, 0.29) is 0 Å². The molecule has 1 aromatic rings. The molecule has 1 aliphatic carbocycles. The lowest BCUT2D eigenvalue weighted by Crippen LogP contribution is -2.48. The zero-order chi connectivity index (χ0) is 11.0. The van der Waals surface area contributed by atoms with Crippen LogP contribution in [0.5, 0.6) is 0 Å². The molecule has 0 saturated heterocycles. The first-order chi connectivity index (χ1) is 7.86. The van der Waals surface area contributed by atoms with Crippen LogP contribution >= 0.6 is 0 Å². The van der Waals surface area contributed by atoms with Gasteiger partial charge >= 0.3 is 0 Å². The first-order valence-corrected chi connectivity index (χ1v) is 5.53. The van der Waals surface area contributed by atoms with Crippen LogP contribution in [0.1, 0.15) is 18.7 Å². The molecule has 0 aromatic carbocycles. The van der Waals surface area contributed by atoms with Crippen LogP contribution in [-0.2, 0) is 13.1 Å². The van der Waals surface area contributed by atoms with Crippen molar-refractivity contribution in [3.8, 4) is 0 Å². The van der Waals surface area contributed by atoms with Gasteiger partial charge in [0.25, 0.3) is 0 Å². The second-order valence-electron chi connectivity index (χ2n) is 4.19. The van der Waals surface area contributed by atoms with E-state index in [9.17, 15) is 0 Å². The van der Waals surface area contributed by atoms with Crippen LogP contribution in [0, 0.1) is 0 Å². The van der Waals surface area contributed by atoms with Gasteiger partial charge in [-0.05, 0) is 12.8 Å². The van der Waals surface area contributed by atoms with Gasteiger partial charge in [-0.2, -0.15) is 0 Å². The molecule has 86 valence electrons. The molecule has 16 heavy (non-hydrogen) atoms. The van der Waals surface area contributed by atoms with Crippen molar-refractivity contribution in [2.24, 2.45) is 10.8 Å². The Balaban J connectivity index is 1.76. The number of aliphatic imine (C=N–C) groups is 1. The summed E-state index contributed by atoms with van der Waals surface area (Å²) in [5.74, 6) is 7.25. The van der Waals surface area contributed by atoms with E-state index in [1.807, 2.05) is 0 Å². The number of nitrogens with zero attached hydrogens (tertiary/aromatic N) is 5. The van der Waals surface area contributed by atoms with E-state index in [1.54, 1.807) is 6.33 Å². The van der Waals surface area contributed by atoms with Gasteiger partial charge in [0, 0.05) is 13.1 Å². The van der Waals surface area contributed by atoms with Crippen LogP contribution in [0.2, 0.25) is 0 Å². The number of hydrogen-bond donors (Lipinski definition) is 2. The maximum absolute atomic E-state index is 5.51. The summed E-state index contributed by atoms with van der Waals surface area (Å²) in [6.07, 6.45) is 4.12. The van der Waals surface area contributed by atoms with Gasteiger partial charge in [0.2, 0.25) is 5.96 Å². The molecule has 7 heteroatoms. The fraction of sp³-hybridized carbons (Fsp3) is 0.667. The third-order valence-electron chi connectivity index (χ3n) is 2.92. The van der Waals surface area contributed by atoms with Crippen LogP contribution in [0.3, 0.4) is 0 Å². The van der Waals surface area contributed by atoms with Gasteiger partial charge in [-0.25, -0.2) is 10.8 Å². The number of fused-ring (bicyclic) bond motifs is 1. The normalized spacial score (nSPS) is 20.8. The quantitative estimate of drug-likeness (QED) is 0.277. The van der Waals surface area contributed by atoms with Crippen molar-refractivity contribution in [2.45, 2.75) is 32.0 Å². The highest BCUT2D eigenvalue weighted by Gasteiger charge is 2.25. The minimum Gasteiger partial charge on any atom is -0.333 e. The van der Waals surface area contributed by atoms with E-state index in [4.69, 9.17) is 5.84 Å². The first kappa shape index (κ1) is 9.59. The second-order valence-corrected chi connectivity index (χ2v) is 4.19. The molecule has 3 rings (SSSR count). The number of rotatable bonds is 1. The molecule has 0 bridgehead atoms. The van der Waals surface area contributed by atoms with E-state index in [0.29, 0.717) is 6.04 Å². The summed E-state index contributed by atoms with van der Waals surface area (Å²) in [6, 6.07) is 0.464. The largest absolute Gasteiger partial charge is 0.333 e. The summed E-state index contributed by atoms with van der Waals surface area (Å²) in [6.45, 7) is 2.49. The zero-order valence-electron chi connectivity index (χ0n) is 9.00. The maximum Gasteiger partial charge on any atom is 0.209 e. The number of hydrogen-bond acceptors (Lipinski definition) is 4. The zero-order valence-corrected chi connectivity index (χ0v) is 9.00. The molecule has 3 N–H and O–H groups in total. The molecule has 0 atom stereocenters.